The highest BCUT2D eigenvalue weighted by Crippen LogP contribution is 2.31. The first-order chi connectivity index (χ1) is 17.6. The van der Waals surface area contributed by atoms with Crippen LogP contribution in [0, 0.1) is 5.92 Å². The van der Waals surface area contributed by atoms with Crippen LogP contribution in [0.25, 0.3) is 0 Å². The largest absolute Gasteiger partial charge is 0.463 e. The summed E-state index contributed by atoms with van der Waals surface area (Å²) in [6, 6.07) is 8.59. The Morgan fingerprint density at radius 3 is 2.19 bits per heavy atom. The first-order valence-electron chi connectivity index (χ1n) is 12.3. The van der Waals surface area contributed by atoms with E-state index < -0.39 is 60.4 Å². The van der Waals surface area contributed by atoms with Crippen molar-refractivity contribution in [1.29, 1.82) is 0 Å². The van der Waals surface area contributed by atoms with Gasteiger partial charge in [0.2, 0.25) is 0 Å². The van der Waals surface area contributed by atoms with Gasteiger partial charge in [0.25, 0.3) is 0 Å². The summed E-state index contributed by atoms with van der Waals surface area (Å²) in [5.41, 5.74) is 6.84. The molecule has 0 bridgehead atoms. The van der Waals surface area contributed by atoms with Crippen molar-refractivity contribution in [2.24, 2.45) is 11.7 Å². The van der Waals surface area contributed by atoms with Gasteiger partial charge in [-0.05, 0) is 24.8 Å². The summed E-state index contributed by atoms with van der Waals surface area (Å²) in [6.07, 6.45) is -1.97. The second kappa shape index (κ2) is 15.3. The lowest BCUT2D eigenvalue weighted by molar-refractivity contribution is -0.288. The molecule has 1 heterocycles. The molecule has 11 nitrogen and oxygen atoms in total. The molecule has 0 amide bonds. The molecule has 206 valence electrons. The number of carbonyl (C=O) groups is 4. The Morgan fingerprint density at radius 2 is 1.57 bits per heavy atom. The maximum Gasteiger partial charge on any atom is 0.323 e. The van der Waals surface area contributed by atoms with Crippen LogP contribution in [0.2, 0.25) is 0 Å². The van der Waals surface area contributed by atoms with E-state index in [1.54, 1.807) is 6.92 Å². The smallest absolute Gasteiger partial charge is 0.323 e. The zero-order valence-electron chi connectivity index (χ0n) is 21.8. The summed E-state index contributed by atoms with van der Waals surface area (Å²) in [6.45, 7) is 5.69. The lowest BCUT2D eigenvalue weighted by Crippen LogP contribution is -2.58. The van der Waals surface area contributed by atoms with Crippen molar-refractivity contribution in [1.82, 2.24) is 0 Å². The van der Waals surface area contributed by atoms with Crippen molar-refractivity contribution in [3.63, 3.8) is 0 Å². The van der Waals surface area contributed by atoms with Crippen molar-refractivity contribution < 1.29 is 47.6 Å². The van der Waals surface area contributed by atoms with E-state index >= 15 is 0 Å². The molecule has 1 aliphatic heterocycles. The quantitative estimate of drug-likeness (QED) is 0.230. The van der Waals surface area contributed by atoms with Crippen LogP contribution in [0.3, 0.4) is 0 Å². The van der Waals surface area contributed by atoms with Crippen LogP contribution in [0.5, 0.6) is 0 Å². The highest BCUT2D eigenvalue weighted by molar-refractivity contribution is 5.75. The Labute approximate surface area is 216 Å². The van der Waals surface area contributed by atoms with Gasteiger partial charge in [-0.2, -0.15) is 0 Å². The monoisotopic (exact) mass is 523 g/mol. The molecule has 6 atom stereocenters. The van der Waals surface area contributed by atoms with E-state index in [4.69, 9.17) is 34.2 Å². The van der Waals surface area contributed by atoms with Gasteiger partial charge in [-0.1, -0.05) is 37.3 Å². The zero-order chi connectivity index (χ0) is 27.4. The molecule has 1 aromatic carbocycles. The Kier molecular flexibility index (Phi) is 12.5. The van der Waals surface area contributed by atoms with Crippen LogP contribution in [0.15, 0.2) is 30.3 Å². The molecule has 11 heteroatoms. The molecule has 1 saturated heterocycles. The summed E-state index contributed by atoms with van der Waals surface area (Å²) in [4.78, 5) is 46.9. The standard InChI is InChI=1S/C26H37NO10/c1-16-23(35-18(3)29)24(36-19(4)30)22(15-33-17(2)28)37-26(16)32-13-9-8-12-21(27)25(31)34-14-20-10-6-5-7-11-20/h5-7,10-11,16,21-24,26H,8-9,12-15,27H2,1-4H3. The summed E-state index contributed by atoms with van der Waals surface area (Å²) in [7, 11) is 0. The minimum absolute atomic E-state index is 0.166. The molecule has 0 radical (unpaired) electrons. The van der Waals surface area contributed by atoms with E-state index in [0.717, 1.165) is 5.56 Å². The van der Waals surface area contributed by atoms with Crippen molar-refractivity contribution in [2.75, 3.05) is 13.2 Å². The van der Waals surface area contributed by atoms with Gasteiger partial charge < -0.3 is 34.2 Å². The minimum Gasteiger partial charge on any atom is -0.463 e. The molecular weight excluding hydrogens is 486 g/mol. The first kappa shape index (κ1) is 30.2. The van der Waals surface area contributed by atoms with Gasteiger partial charge in [-0.25, -0.2) is 0 Å². The van der Waals surface area contributed by atoms with Gasteiger partial charge in [-0.15, -0.1) is 0 Å². The predicted octanol–water partition coefficient (Wildman–Crippen LogP) is 2.03. The van der Waals surface area contributed by atoms with Gasteiger partial charge in [-0.3, -0.25) is 19.2 Å². The average molecular weight is 524 g/mol. The highest BCUT2D eigenvalue weighted by atomic mass is 16.7. The lowest BCUT2D eigenvalue weighted by atomic mass is 9.92. The van der Waals surface area contributed by atoms with Gasteiger partial charge >= 0.3 is 23.9 Å². The maximum atomic E-state index is 12.1. The fourth-order valence-corrected chi connectivity index (χ4v) is 3.88. The third-order valence-corrected chi connectivity index (χ3v) is 5.72. The fourth-order valence-electron chi connectivity index (χ4n) is 3.88. The van der Waals surface area contributed by atoms with Crippen LogP contribution in [-0.4, -0.2) is 67.7 Å². The van der Waals surface area contributed by atoms with Gasteiger partial charge in [0.15, 0.2) is 12.4 Å². The van der Waals surface area contributed by atoms with E-state index in [-0.39, 0.29) is 19.8 Å². The average Bonchev–Trinajstić information content (AvgIpc) is 2.84. The van der Waals surface area contributed by atoms with Gasteiger partial charge in [0.05, 0.1) is 0 Å². The third-order valence-electron chi connectivity index (χ3n) is 5.72. The van der Waals surface area contributed by atoms with Crippen LogP contribution >= 0.6 is 0 Å². The van der Waals surface area contributed by atoms with Crippen LogP contribution in [-0.2, 0) is 54.2 Å². The molecule has 1 aromatic rings. The summed E-state index contributed by atoms with van der Waals surface area (Å²) in [5.74, 6) is -2.65. The van der Waals surface area contributed by atoms with Crippen molar-refractivity contribution >= 4 is 23.9 Å². The molecule has 37 heavy (non-hydrogen) atoms. The van der Waals surface area contributed by atoms with Gasteiger partial charge in [0.1, 0.15) is 31.5 Å². The van der Waals surface area contributed by atoms with Crippen molar-refractivity contribution in [3.05, 3.63) is 35.9 Å². The van der Waals surface area contributed by atoms with E-state index in [1.165, 1.54) is 20.8 Å². The Balaban J connectivity index is 1.86. The zero-order valence-corrected chi connectivity index (χ0v) is 21.8. The fraction of sp³-hybridized carbons (Fsp3) is 0.615. The number of esters is 4. The van der Waals surface area contributed by atoms with Gasteiger partial charge in [0, 0.05) is 33.3 Å². The predicted molar refractivity (Wildman–Crippen MR) is 130 cm³/mol. The second-order valence-electron chi connectivity index (χ2n) is 8.92. The van der Waals surface area contributed by atoms with Crippen LogP contribution < -0.4 is 5.73 Å². The topological polar surface area (TPSA) is 150 Å². The van der Waals surface area contributed by atoms with E-state index in [2.05, 4.69) is 0 Å². The molecule has 0 saturated carbocycles. The van der Waals surface area contributed by atoms with Crippen LogP contribution in [0.4, 0.5) is 0 Å². The van der Waals surface area contributed by atoms with E-state index in [9.17, 15) is 19.2 Å². The molecule has 2 rings (SSSR count). The molecule has 0 aliphatic carbocycles. The number of rotatable bonds is 13. The minimum atomic E-state index is -0.976. The number of unbranched alkanes of at least 4 members (excludes halogenated alkanes) is 1. The SMILES string of the molecule is CC(=O)OCC1OC(OCCCCC(N)C(=O)OCc2ccccc2)C(C)C(OC(C)=O)C1OC(C)=O. The number of hydrogen-bond donors (Lipinski definition) is 1. The number of benzene rings is 1. The van der Waals surface area contributed by atoms with Crippen molar-refractivity contribution in [2.45, 2.75) is 84.2 Å². The van der Waals surface area contributed by atoms with Crippen molar-refractivity contribution in [3.8, 4) is 0 Å². The summed E-state index contributed by atoms with van der Waals surface area (Å²) in [5, 5.41) is 0. The second-order valence-corrected chi connectivity index (χ2v) is 8.92. The highest BCUT2D eigenvalue weighted by Gasteiger charge is 2.48. The molecule has 2 N–H and O–H groups in total. The first-order valence-corrected chi connectivity index (χ1v) is 12.3. The normalized spacial score (nSPS) is 24.0. The molecule has 0 aromatic heterocycles. The number of nitrogens with two attached hydrogens (primary N) is 1. The van der Waals surface area contributed by atoms with E-state index in [0.29, 0.717) is 19.3 Å². The number of carbonyl (C=O) groups excluding carboxylic acids is 4. The molecular formula is C26H37NO10. The Bertz CT molecular complexity index is 893. The maximum absolute atomic E-state index is 12.1. The Morgan fingerprint density at radius 1 is 0.919 bits per heavy atom. The molecule has 6 unspecified atom stereocenters. The van der Waals surface area contributed by atoms with Crippen LogP contribution in [0.1, 0.15) is 52.5 Å². The molecule has 1 aliphatic rings. The lowest BCUT2D eigenvalue weighted by Gasteiger charge is -2.43. The molecule has 1 fully saturated rings. The third kappa shape index (κ3) is 10.5. The summed E-state index contributed by atoms with van der Waals surface area (Å²) < 4.78 is 33.0. The summed E-state index contributed by atoms with van der Waals surface area (Å²) >= 11 is 0. The Hall–Kier alpha value is -3.02. The van der Waals surface area contributed by atoms with E-state index in [1.807, 2.05) is 30.3 Å². The molecule has 0 spiro atoms. The number of ether oxygens (including phenoxy) is 6. The number of hydrogen-bond acceptors (Lipinski definition) is 11.